The van der Waals surface area contributed by atoms with E-state index in [1.54, 1.807) is 18.4 Å². The predicted octanol–water partition coefficient (Wildman–Crippen LogP) is 1.56. The number of hydrogen-bond acceptors (Lipinski definition) is 5. The molecule has 0 atom stereocenters. The van der Waals surface area contributed by atoms with Gasteiger partial charge in [0.05, 0.1) is 40.1 Å². The molecule has 0 aliphatic carbocycles. The quantitative estimate of drug-likeness (QED) is 0.400. The molecular weight excluding hydrogens is 392 g/mol. The molecular formula is C17H28N2O6S2+2. The van der Waals surface area contributed by atoms with Crippen LogP contribution in [0.2, 0.25) is 0 Å². The highest BCUT2D eigenvalue weighted by Gasteiger charge is 2.18. The average Bonchev–Trinajstić information content (AvgIpc) is 2.79. The number of aryl methyl sites for hydroxylation is 2. The maximum atomic E-state index is 10.7. The van der Waals surface area contributed by atoms with Crippen LogP contribution in [0.1, 0.15) is 11.4 Å². The van der Waals surface area contributed by atoms with Crippen LogP contribution >= 0.6 is 11.3 Å². The van der Waals surface area contributed by atoms with E-state index in [9.17, 15) is 13.2 Å². The zero-order chi connectivity index (χ0) is 20.8. The van der Waals surface area contributed by atoms with Crippen molar-refractivity contribution in [3.63, 3.8) is 0 Å². The fraction of sp³-hybridized carbons (Fsp3) is 0.529. The monoisotopic (exact) mass is 420 g/mol. The third-order valence-corrected chi connectivity index (χ3v) is 5.37. The molecule has 1 aromatic heterocycles. The number of rotatable bonds is 7. The number of carbonyl (C=O) groups is 1. The summed E-state index contributed by atoms with van der Waals surface area (Å²) >= 11 is 1.65. The Kier molecular flexibility index (Phi) is 8.15. The van der Waals surface area contributed by atoms with E-state index in [0.29, 0.717) is 17.4 Å². The van der Waals surface area contributed by atoms with Crippen molar-refractivity contribution >= 4 is 37.6 Å². The van der Waals surface area contributed by atoms with Crippen molar-refractivity contribution in [2.24, 2.45) is 0 Å². The van der Waals surface area contributed by atoms with Gasteiger partial charge in [0.15, 0.2) is 13.1 Å². The first kappa shape index (κ1) is 23.3. The van der Waals surface area contributed by atoms with Gasteiger partial charge in [0.1, 0.15) is 10.4 Å². The van der Waals surface area contributed by atoms with Gasteiger partial charge >= 0.3 is 5.97 Å². The number of methoxy groups -OCH3 is 1. The van der Waals surface area contributed by atoms with Crippen molar-refractivity contribution in [3.8, 4) is 5.75 Å². The number of carboxylic acid groups (broad SMARTS) is 1. The molecule has 0 saturated carbocycles. The number of nitrogens with zero attached hydrogens (tertiary/aromatic N) is 2. The first-order valence-electron chi connectivity index (χ1n) is 8.27. The van der Waals surface area contributed by atoms with E-state index in [1.165, 1.54) is 0 Å². The Morgan fingerprint density at radius 1 is 1.30 bits per heavy atom. The van der Waals surface area contributed by atoms with Gasteiger partial charge in [-0.3, -0.25) is 4.55 Å². The summed E-state index contributed by atoms with van der Waals surface area (Å²) in [6, 6.07) is 5.83. The summed E-state index contributed by atoms with van der Waals surface area (Å²) in [5.41, 5.74) is 1.03. The van der Waals surface area contributed by atoms with Crippen molar-refractivity contribution < 1.29 is 36.7 Å². The Labute approximate surface area is 164 Å². The lowest BCUT2D eigenvalue weighted by Crippen LogP contribution is -2.39. The minimum Gasteiger partial charge on any atom is -0.497 e. The molecule has 0 radical (unpaired) electrons. The third kappa shape index (κ3) is 8.65. The van der Waals surface area contributed by atoms with Crippen LogP contribution in [0.4, 0.5) is 0 Å². The summed E-state index contributed by atoms with van der Waals surface area (Å²) in [5.74, 6) is -0.202. The molecule has 2 N–H and O–H groups in total. The fourth-order valence-corrected chi connectivity index (χ4v) is 3.92. The van der Waals surface area contributed by atoms with Crippen molar-refractivity contribution in [1.82, 2.24) is 0 Å². The highest BCUT2D eigenvalue weighted by molar-refractivity contribution is 7.85. The largest absolute Gasteiger partial charge is 0.497 e. The van der Waals surface area contributed by atoms with Crippen LogP contribution in [0, 0.1) is 6.92 Å². The van der Waals surface area contributed by atoms with Gasteiger partial charge in [-0.15, -0.1) is 0 Å². The van der Waals surface area contributed by atoms with Crippen LogP contribution < -0.4 is 9.30 Å². The first-order valence-corrected chi connectivity index (χ1v) is 10.7. The van der Waals surface area contributed by atoms with Gasteiger partial charge in [-0.1, -0.05) is 11.3 Å². The summed E-state index contributed by atoms with van der Waals surface area (Å²) in [6.07, 6.45) is 0.382. The Hall–Kier alpha value is -1.75. The summed E-state index contributed by atoms with van der Waals surface area (Å²) in [4.78, 5) is 10.00. The van der Waals surface area contributed by atoms with Crippen molar-refractivity contribution in [3.05, 3.63) is 23.2 Å². The van der Waals surface area contributed by atoms with Gasteiger partial charge < -0.3 is 14.3 Å². The van der Waals surface area contributed by atoms with Crippen LogP contribution in [-0.2, 0) is 21.5 Å². The van der Waals surface area contributed by atoms with Crippen LogP contribution in [0.5, 0.6) is 5.75 Å². The number of aromatic nitrogens is 1. The summed E-state index contributed by atoms with van der Waals surface area (Å²) < 4.78 is 39.1. The minimum absolute atomic E-state index is 0.181. The second kappa shape index (κ2) is 9.45. The van der Waals surface area contributed by atoms with Gasteiger partial charge in [0, 0.05) is 13.3 Å². The number of hydrogen-bond donors (Lipinski definition) is 2. The number of benzene rings is 1. The molecule has 0 aliphatic rings. The predicted molar refractivity (Wildman–Crippen MR) is 105 cm³/mol. The van der Waals surface area contributed by atoms with E-state index in [2.05, 4.69) is 0 Å². The lowest BCUT2D eigenvalue weighted by atomic mass is 10.3. The number of ether oxygens (including phenoxy) is 1. The second-order valence-electron chi connectivity index (χ2n) is 7.09. The molecule has 0 bridgehead atoms. The van der Waals surface area contributed by atoms with Gasteiger partial charge in [-0.2, -0.15) is 13.0 Å². The Bertz CT molecular complexity index is 885. The number of thiazole rings is 1. The van der Waals surface area contributed by atoms with Crippen LogP contribution in [0.3, 0.4) is 0 Å². The molecule has 0 amide bonds. The molecule has 8 nitrogen and oxygen atoms in total. The Morgan fingerprint density at radius 2 is 1.93 bits per heavy atom. The number of quaternary nitrogens is 1. The lowest BCUT2D eigenvalue weighted by Gasteiger charge is -2.20. The number of fused-ring (bicyclic) bond motifs is 1. The van der Waals surface area contributed by atoms with E-state index in [-0.39, 0.29) is 12.3 Å². The number of carboxylic acids is 1. The van der Waals surface area contributed by atoms with E-state index in [0.717, 1.165) is 21.0 Å². The maximum Gasteiger partial charge on any atom is 0.359 e. The summed E-state index contributed by atoms with van der Waals surface area (Å²) in [5, 5.41) is 9.33. The van der Waals surface area contributed by atoms with Crippen molar-refractivity contribution in [1.29, 1.82) is 0 Å². The normalized spacial score (nSPS) is 11.8. The van der Waals surface area contributed by atoms with Crippen LogP contribution in [0.25, 0.3) is 10.2 Å². The molecule has 1 aromatic carbocycles. The maximum absolute atomic E-state index is 10.7. The van der Waals surface area contributed by atoms with E-state index >= 15 is 0 Å². The van der Waals surface area contributed by atoms with E-state index in [1.807, 2.05) is 50.8 Å². The van der Waals surface area contributed by atoms with Crippen LogP contribution in [0.15, 0.2) is 18.2 Å². The highest BCUT2D eigenvalue weighted by Crippen LogP contribution is 2.24. The van der Waals surface area contributed by atoms with Gasteiger partial charge in [-0.25, -0.2) is 4.79 Å². The smallest absolute Gasteiger partial charge is 0.359 e. The summed E-state index contributed by atoms with van der Waals surface area (Å²) in [6.45, 7) is 2.73. The Balaban J connectivity index is 0.000000387. The molecule has 10 heteroatoms. The number of aliphatic carboxylic acids is 1. The average molecular weight is 421 g/mol. The molecule has 0 aliphatic heterocycles. The topological polar surface area (TPSA) is 105 Å². The van der Waals surface area contributed by atoms with E-state index in [4.69, 9.17) is 14.4 Å². The molecule has 2 rings (SSSR count). The van der Waals surface area contributed by atoms with Crippen LogP contribution in [-0.4, -0.2) is 69.1 Å². The zero-order valence-electron chi connectivity index (χ0n) is 16.3. The van der Waals surface area contributed by atoms with Gasteiger partial charge in [0.2, 0.25) is 10.5 Å². The Morgan fingerprint density at radius 3 is 2.37 bits per heavy atom. The molecule has 0 spiro atoms. The third-order valence-electron chi connectivity index (χ3n) is 3.49. The van der Waals surface area contributed by atoms with Crippen molar-refractivity contribution in [2.75, 3.05) is 40.6 Å². The second-order valence-corrected chi connectivity index (χ2v) is 9.89. The molecule has 0 fully saturated rings. The molecule has 1 heterocycles. The van der Waals surface area contributed by atoms with Gasteiger partial charge in [-0.05, 0) is 12.1 Å². The SMILES string of the molecule is COc1ccc2sc(C)[n+](CCCS(=O)(=O)O)c2c1.C[N+](C)(C)CC(=O)O. The molecule has 2 aromatic rings. The molecule has 27 heavy (non-hydrogen) atoms. The molecule has 0 unspecified atom stereocenters. The number of likely N-dealkylation sites (N-methyl/N-ethyl adjacent to an activating group) is 1. The fourth-order valence-electron chi connectivity index (χ4n) is 2.39. The first-order chi connectivity index (χ1) is 12.3. The highest BCUT2D eigenvalue weighted by atomic mass is 32.2. The minimum atomic E-state index is -3.89. The summed E-state index contributed by atoms with van der Waals surface area (Å²) in [7, 11) is 3.25. The van der Waals surface area contributed by atoms with E-state index < -0.39 is 16.1 Å². The lowest BCUT2D eigenvalue weighted by molar-refractivity contribution is -0.862. The standard InChI is InChI=1S/C12H15NO4S2.C5H11NO2/c1-9-13(6-3-7-19(14,15)16)11-8-10(17-2)4-5-12(11)18-9;1-6(2,3)4-5(7)8/h4-5,8H,3,6-7H2,1-2H3;4H2,1-3H3/p+2. The zero-order valence-corrected chi connectivity index (χ0v) is 17.9. The molecule has 152 valence electrons. The van der Waals surface area contributed by atoms with Gasteiger partial charge in [0.25, 0.3) is 10.1 Å². The molecule has 0 saturated heterocycles. The van der Waals surface area contributed by atoms with Crippen molar-refractivity contribution in [2.45, 2.75) is 19.9 Å².